The number of Topliss-reactive ketones (excluding diaryl/α,β-unsaturated/α-hetero) is 2. The van der Waals surface area contributed by atoms with E-state index in [9.17, 15) is 9.59 Å². The lowest BCUT2D eigenvalue weighted by atomic mass is 10.1. The summed E-state index contributed by atoms with van der Waals surface area (Å²) in [4.78, 5) is 23.4. The van der Waals surface area contributed by atoms with Gasteiger partial charge in [0.25, 0.3) is 0 Å². The maximum atomic E-state index is 11.7. The smallest absolute Gasteiger partial charge is 0.162 e. The van der Waals surface area contributed by atoms with E-state index in [1.807, 2.05) is 60.7 Å². The van der Waals surface area contributed by atoms with Crippen molar-refractivity contribution >= 4 is 11.6 Å². The second kappa shape index (κ2) is 8.12. The summed E-state index contributed by atoms with van der Waals surface area (Å²) in [7, 11) is 0. The van der Waals surface area contributed by atoms with Crippen LogP contribution in [0.4, 0.5) is 0 Å². The van der Waals surface area contributed by atoms with Gasteiger partial charge in [-0.3, -0.25) is 9.59 Å². The summed E-state index contributed by atoms with van der Waals surface area (Å²) in [6.07, 6.45) is 0.682. The van der Waals surface area contributed by atoms with Crippen LogP contribution in [0.3, 0.4) is 0 Å². The van der Waals surface area contributed by atoms with Gasteiger partial charge in [0.2, 0.25) is 0 Å². The maximum absolute atomic E-state index is 11.7. The molecule has 0 aliphatic heterocycles. The highest BCUT2D eigenvalue weighted by atomic mass is 16.5. The van der Waals surface area contributed by atoms with Crippen LogP contribution in [-0.2, 0) is 27.2 Å². The Morgan fingerprint density at radius 1 is 0.667 bits per heavy atom. The molecule has 3 nitrogen and oxygen atoms in total. The molecule has 0 aromatic heterocycles. The minimum absolute atomic E-state index is 0.0184. The Kier molecular flexibility index (Phi) is 5.85. The Hall–Kier alpha value is -2.26. The molecule has 0 bridgehead atoms. The Morgan fingerprint density at radius 2 is 1.05 bits per heavy atom. The minimum atomic E-state index is -0.0197. The number of hydrogen-bond acceptors (Lipinski definition) is 3. The van der Waals surface area contributed by atoms with E-state index in [4.69, 9.17) is 4.74 Å². The molecule has 2 aromatic carbocycles. The van der Waals surface area contributed by atoms with Gasteiger partial charge < -0.3 is 4.74 Å². The lowest BCUT2D eigenvalue weighted by molar-refractivity contribution is -0.128. The van der Waals surface area contributed by atoms with Crippen molar-refractivity contribution in [3.8, 4) is 0 Å². The fourth-order valence-electron chi connectivity index (χ4n) is 2.03. The lowest BCUT2D eigenvalue weighted by Gasteiger charge is -2.04. The van der Waals surface area contributed by atoms with E-state index < -0.39 is 0 Å². The Morgan fingerprint density at radius 3 is 1.43 bits per heavy atom. The fourth-order valence-corrected chi connectivity index (χ4v) is 2.03. The number of ether oxygens (including phenoxy) is 1. The van der Waals surface area contributed by atoms with Crippen LogP contribution >= 0.6 is 0 Å². The number of hydrogen-bond donors (Lipinski definition) is 0. The molecule has 2 rings (SSSR count). The second-order valence-electron chi connectivity index (χ2n) is 4.89. The second-order valence-corrected chi connectivity index (χ2v) is 4.89. The molecule has 0 amide bonds. The normalized spacial score (nSPS) is 10.3. The van der Waals surface area contributed by atoms with Gasteiger partial charge in [-0.2, -0.15) is 0 Å². The topological polar surface area (TPSA) is 43.4 Å². The molecule has 3 heteroatoms. The predicted octanol–water partition coefficient (Wildman–Crippen LogP) is 2.63. The first-order valence-electron chi connectivity index (χ1n) is 6.93. The monoisotopic (exact) mass is 282 g/mol. The predicted molar refractivity (Wildman–Crippen MR) is 81.1 cm³/mol. The molecule has 0 aliphatic carbocycles. The van der Waals surface area contributed by atoms with Crippen LogP contribution in [0.25, 0.3) is 0 Å². The van der Waals surface area contributed by atoms with Crippen molar-refractivity contribution in [3.63, 3.8) is 0 Å². The zero-order chi connectivity index (χ0) is 14.9. The molecule has 0 spiro atoms. The van der Waals surface area contributed by atoms with Crippen LogP contribution in [0.5, 0.6) is 0 Å². The zero-order valence-corrected chi connectivity index (χ0v) is 11.8. The summed E-state index contributed by atoms with van der Waals surface area (Å²) >= 11 is 0. The summed E-state index contributed by atoms with van der Waals surface area (Å²) in [5.41, 5.74) is 1.92. The van der Waals surface area contributed by atoms with E-state index in [1.165, 1.54) is 0 Å². The van der Waals surface area contributed by atoms with Gasteiger partial charge in [-0.15, -0.1) is 0 Å². The summed E-state index contributed by atoms with van der Waals surface area (Å²) in [5, 5.41) is 0. The number of ketones is 2. The van der Waals surface area contributed by atoms with Crippen LogP contribution in [-0.4, -0.2) is 24.8 Å². The van der Waals surface area contributed by atoms with Gasteiger partial charge in [0, 0.05) is 12.8 Å². The van der Waals surface area contributed by atoms with Gasteiger partial charge >= 0.3 is 0 Å². The van der Waals surface area contributed by atoms with E-state index in [0.717, 1.165) is 11.1 Å². The van der Waals surface area contributed by atoms with Crippen LogP contribution in [0.15, 0.2) is 60.7 Å². The third kappa shape index (κ3) is 5.71. The third-order valence-electron chi connectivity index (χ3n) is 3.01. The first kappa shape index (κ1) is 15.1. The van der Waals surface area contributed by atoms with Crippen molar-refractivity contribution in [2.24, 2.45) is 0 Å². The van der Waals surface area contributed by atoms with Gasteiger partial charge in [-0.1, -0.05) is 60.7 Å². The molecule has 0 unspecified atom stereocenters. The van der Waals surface area contributed by atoms with Crippen LogP contribution in [0.2, 0.25) is 0 Å². The largest absolute Gasteiger partial charge is 0.366 e. The highest BCUT2D eigenvalue weighted by molar-refractivity contribution is 5.84. The van der Waals surface area contributed by atoms with Gasteiger partial charge in [-0.25, -0.2) is 0 Å². The first-order chi connectivity index (χ1) is 10.2. The standard InChI is InChI=1S/C18H18O3/c19-17(11-15-7-3-1-4-8-15)13-21-14-18(20)12-16-9-5-2-6-10-16/h1-10H,11-14H2. The number of rotatable bonds is 8. The summed E-state index contributed by atoms with van der Waals surface area (Å²) in [5.74, 6) is -0.0394. The van der Waals surface area contributed by atoms with Gasteiger partial charge in [-0.05, 0) is 11.1 Å². The highest BCUT2D eigenvalue weighted by Crippen LogP contribution is 2.02. The molecule has 0 heterocycles. The summed E-state index contributed by atoms with van der Waals surface area (Å²) in [6, 6.07) is 19.0. The molecule has 0 saturated heterocycles. The quantitative estimate of drug-likeness (QED) is 0.747. The summed E-state index contributed by atoms with van der Waals surface area (Å²) < 4.78 is 5.20. The molecular weight excluding hydrogens is 264 g/mol. The number of benzene rings is 2. The van der Waals surface area contributed by atoms with Gasteiger partial charge in [0.1, 0.15) is 13.2 Å². The SMILES string of the molecule is O=C(COCC(=O)Cc1ccccc1)Cc1ccccc1. The minimum Gasteiger partial charge on any atom is -0.366 e. The van der Waals surface area contributed by atoms with Gasteiger partial charge in [0.15, 0.2) is 11.6 Å². The first-order valence-corrected chi connectivity index (χ1v) is 6.93. The average molecular weight is 282 g/mol. The third-order valence-corrected chi connectivity index (χ3v) is 3.01. The Balaban J connectivity index is 1.67. The van der Waals surface area contributed by atoms with Gasteiger partial charge in [0.05, 0.1) is 0 Å². The van der Waals surface area contributed by atoms with Crippen molar-refractivity contribution < 1.29 is 14.3 Å². The molecule has 108 valence electrons. The van der Waals surface area contributed by atoms with Crippen molar-refractivity contribution in [2.45, 2.75) is 12.8 Å². The molecule has 0 fully saturated rings. The zero-order valence-electron chi connectivity index (χ0n) is 11.8. The van der Waals surface area contributed by atoms with Crippen molar-refractivity contribution in [2.75, 3.05) is 13.2 Å². The van der Waals surface area contributed by atoms with E-state index in [0.29, 0.717) is 12.8 Å². The molecule has 0 saturated carbocycles. The highest BCUT2D eigenvalue weighted by Gasteiger charge is 2.07. The van der Waals surface area contributed by atoms with Crippen LogP contribution in [0.1, 0.15) is 11.1 Å². The number of carbonyl (C=O) groups is 2. The molecule has 2 aromatic rings. The van der Waals surface area contributed by atoms with E-state index >= 15 is 0 Å². The van der Waals surface area contributed by atoms with Crippen molar-refractivity contribution in [1.29, 1.82) is 0 Å². The van der Waals surface area contributed by atoms with E-state index in [2.05, 4.69) is 0 Å². The molecular formula is C18H18O3. The molecule has 0 aliphatic rings. The Labute approximate surface area is 124 Å². The number of carbonyl (C=O) groups excluding carboxylic acids is 2. The fraction of sp³-hybridized carbons (Fsp3) is 0.222. The summed E-state index contributed by atoms with van der Waals surface area (Å²) in [6.45, 7) is -0.0369. The molecule has 0 atom stereocenters. The van der Waals surface area contributed by atoms with Crippen molar-refractivity contribution in [3.05, 3.63) is 71.8 Å². The maximum Gasteiger partial charge on any atom is 0.162 e. The average Bonchev–Trinajstić information content (AvgIpc) is 2.49. The van der Waals surface area contributed by atoms with E-state index in [1.54, 1.807) is 0 Å². The van der Waals surface area contributed by atoms with Crippen LogP contribution in [0, 0.1) is 0 Å². The van der Waals surface area contributed by atoms with Crippen LogP contribution < -0.4 is 0 Å². The molecule has 0 N–H and O–H groups in total. The van der Waals surface area contributed by atoms with Crippen molar-refractivity contribution in [1.82, 2.24) is 0 Å². The van der Waals surface area contributed by atoms with E-state index in [-0.39, 0.29) is 24.8 Å². The Bertz CT molecular complexity index is 522. The molecule has 21 heavy (non-hydrogen) atoms. The molecule has 0 radical (unpaired) electrons. The lowest BCUT2D eigenvalue weighted by Crippen LogP contribution is -2.17.